The third-order valence-electron chi connectivity index (χ3n) is 6.29. The third-order valence-corrected chi connectivity index (χ3v) is 6.29. The molecule has 3 saturated heterocycles. The van der Waals surface area contributed by atoms with Crippen LogP contribution >= 0.6 is 0 Å². The number of hydrogen-bond donors (Lipinski definition) is 0. The second kappa shape index (κ2) is 7.43. The number of rotatable bonds is 4. The first-order chi connectivity index (χ1) is 10.3. The average Bonchev–Trinajstić information content (AvgIpc) is 2.53. The maximum absolute atomic E-state index is 2.85. The van der Waals surface area contributed by atoms with Crippen molar-refractivity contribution in [3.8, 4) is 0 Å². The maximum Gasteiger partial charge on any atom is 0.0223 e. The Bertz CT molecular complexity index is 312. The Hall–Kier alpha value is -0.120. The van der Waals surface area contributed by atoms with Gasteiger partial charge in [0.2, 0.25) is 0 Å². The summed E-state index contributed by atoms with van der Waals surface area (Å²) in [6.07, 6.45) is 9.96. The second-order valence-electron chi connectivity index (χ2n) is 7.74. The summed E-state index contributed by atoms with van der Waals surface area (Å²) in [6, 6.07) is 1.70. The molecule has 0 spiro atoms. The fourth-order valence-electron chi connectivity index (χ4n) is 4.67. The van der Waals surface area contributed by atoms with Crippen molar-refractivity contribution in [2.24, 2.45) is 5.92 Å². The van der Waals surface area contributed by atoms with Crippen molar-refractivity contribution in [3.63, 3.8) is 0 Å². The van der Waals surface area contributed by atoms with Gasteiger partial charge in [-0.2, -0.15) is 0 Å². The molecule has 3 nitrogen and oxygen atoms in total. The third kappa shape index (κ3) is 4.00. The molecule has 0 aromatic carbocycles. The summed E-state index contributed by atoms with van der Waals surface area (Å²) in [5.74, 6) is 0.989. The van der Waals surface area contributed by atoms with Crippen LogP contribution in [-0.4, -0.2) is 73.1 Å². The van der Waals surface area contributed by atoms with Crippen molar-refractivity contribution >= 4 is 0 Å². The Morgan fingerprint density at radius 3 is 2.52 bits per heavy atom. The van der Waals surface area contributed by atoms with Gasteiger partial charge in [0.05, 0.1) is 0 Å². The molecule has 0 aliphatic carbocycles. The molecule has 0 bridgehead atoms. The molecule has 3 heteroatoms. The van der Waals surface area contributed by atoms with Crippen molar-refractivity contribution in [2.75, 3.05) is 46.3 Å². The molecule has 0 saturated carbocycles. The lowest BCUT2D eigenvalue weighted by Crippen LogP contribution is -2.59. The molecule has 3 heterocycles. The lowest BCUT2D eigenvalue weighted by molar-refractivity contribution is 0.00386. The molecule has 122 valence electrons. The normalized spacial score (nSPS) is 34.0. The molecule has 3 aliphatic rings. The maximum atomic E-state index is 2.85. The highest BCUT2D eigenvalue weighted by Crippen LogP contribution is 2.27. The van der Waals surface area contributed by atoms with Gasteiger partial charge in [-0.3, -0.25) is 9.80 Å². The van der Waals surface area contributed by atoms with Crippen molar-refractivity contribution in [2.45, 2.75) is 64.0 Å². The Labute approximate surface area is 131 Å². The highest BCUT2D eigenvalue weighted by Gasteiger charge is 2.34. The zero-order valence-corrected chi connectivity index (χ0v) is 14.3. The fourth-order valence-corrected chi connectivity index (χ4v) is 4.67. The Kier molecular flexibility index (Phi) is 5.58. The van der Waals surface area contributed by atoms with E-state index in [0.29, 0.717) is 0 Å². The highest BCUT2D eigenvalue weighted by molar-refractivity contribution is 4.90. The fraction of sp³-hybridized carbons (Fsp3) is 1.00. The topological polar surface area (TPSA) is 9.72 Å². The predicted molar refractivity (Wildman–Crippen MR) is 89.7 cm³/mol. The first kappa shape index (κ1) is 15.8. The summed E-state index contributed by atoms with van der Waals surface area (Å²) in [5.41, 5.74) is 0. The summed E-state index contributed by atoms with van der Waals surface area (Å²) < 4.78 is 0. The van der Waals surface area contributed by atoms with Crippen LogP contribution in [0.25, 0.3) is 0 Å². The number of hydrogen-bond acceptors (Lipinski definition) is 3. The zero-order chi connectivity index (χ0) is 14.7. The van der Waals surface area contributed by atoms with Crippen LogP contribution in [0.2, 0.25) is 0 Å². The standard InChI is InChI=1S/C18H35N3/c1-3-17-14-20-10-5-4-6-18(20)15-21(17)13-9-16-7-11-19(2)12-8-16/h16-18H,3-15H2,1-2H3. The average molecular weight is 293 g/mol. The van der Waals surface area contributed by atoms with Gasteiger partial charge in [0.25, 0.3) is 0 Å². The van der Waals surface area contributed by atoms with E-state index >= 15 is 0 Å². The quantitative estimate of drug-likeness (QED) is 0.789. The van der Waals surface area contributed by atoms with Crippen LogP contribution in [0.1, 0.15) is 51.9 Å². The lowest BCUT2D eigenvalue weighted by atomic mass is 9.91. The Balaban J connectivity index is 1.48. The van der Waals surface area contributed by atoms with Crippen LogP contribution in [-0.2, 0) is 0 Å². The molecular weight excluding hydrogens is 258 g/mol. The van der Waals surface area contributed by atoms with Gasteiger partial charge in [-0.1, -0.05) is 13.3 Å². The Morgan fingerprint density at radius 2 is 1.76 bits per heavy atom. The van der Waals surface area contributed by atoms with Crippen LogP contribution in [0.5, 0.6) is 0 Å². The first-order valence-corrected chi connectivity index (χ1v) is 9.43. The SMILES string of the molecule is CCC1CN2CCCCC2CN1CCC1CCN(C)CC1. The minimum absolute atomic E-state index is 0.825. The van der Waals surface area contributed by atoms with Gasteiger partial charge in [-0.25, -0.2) is 0 Å². The summed E-state index contributed by atoms with van der Waals surface area (Å²) in [7, 11) is 2.27. The van der Waals surface area contributed by atoms with E-state index in [-0.39, 0.29) is 0 Å². The van der Waals surface area contributed by atoms with Crippen LogP contribution in [0.4, 0.5) is 0 Å². The number of fused-ring (bicyclic) bond motifs is 1. The van der Waals surface area contributed by atoms with E-state index in [1.165, 1.54) is 84.2 Å². The molecular formula is C18H35N3. The Morgan fingerprint density at radius 1 is 0.952 bits per heavy atom. The monoisotopic (exact) mass is 293 g/mol. The van der Waals surface area contributed by atoms with Crippen LogP contribution in [0, 0.1) is 5.92 Å². The first-order valence-electron chi connectivity index (χ1n) is 9.43. The number of likely N-dealkylation sites (tertiary alicyclic amines) is 1. The highest BCUT2D eigenvalue weighted by atomic mass is 15.3. The molecule has 2 unspecified atom stereocenters. The van der Waals surface area contributed by atoms with Crippen molar-refractivity contribution in [1.82, 2.24) is 14.7 Å². The minimum Gasteiger partial charge on any atom is -0.306 e. The number of piperidine rings is 2. The second-order valence-corrected chi connectivity index (χ2v) is 7.74. The van der Waals surface area contributed by atoms with Gasteiger partial charge >= 0.3 is 0 Å². The van der Waals surface area contributed by atoms with Gasteiger partial charge in [-0.15, -0.1) is 0 Å². The molecule has 3 rings (SSSR count). The van der Waals surface area contributed by atoms with Gasteiger partial charge in [0, 0.05) is 25.2 Å². The van der Waals surface area contributed by atoms with Crippen LogP contribution in [0.3, 0.4) is 0 Å². The van der Waals surface area contributed by atoms with E-state index in [0.717, 1.165) is 18.0 Å². The number of piperazine rings is 1. The molecule has 0 aromatic heterocycles. The lowest BCUT2D eigenvalue weighted by Gasteiger charge is -2.48. The molecule has 0 radical (unpaired) electrons. The van der Waals surface area contributed by atoms with Crippen LogP contribution < -0.4 is 0 Å². The predicted octanol–water partition coefficient (Wildman–Crippen LogP) is 2.67. The van der Waals surface area contributed by atoms with E-state index < -0.39 is 0 Å². The van der Waals surface area contributed by atoms with Gasteiger partial charge < -0.3 is 4.90 Å². The smallest absolute Gasteiger partial charge is 0.0223 e. The van der Waals surface area contributed by atoms with Gasteiger partial charge in [0.1, 0.15) is 0 Å². The van der Waals surface area contributed by atoms with Crippen molar-refractivity contribution < 1.29 is 0 Å². The van der Waals surface area contributed by atoms with Crippen LogP contribution in [0.15, 0.2) is 0 Å². The molecule has 21 heavy (non-hydrogen) atoms. The van der Waals surface area contributed by atoms with Crippen molar-refractivity contribution in [1.29, 1.82) is 0 Å². The van der Waals surface area contributed by atoms with E-state index in [9.17, 15) is 0 Å². The molecule has 0 aromatic rings. The number of nitrogens with zero attached hydrogens (tertiary/aromatic N) is 3. The zero-order valence-electron chi connectivity index (χ0n) is 14.3. The molecule has 3 aliphatic heterocycles. The minimum atomic E-state index is 0.825. The molecule has 3 fully saturated rings. The molecule has 0 N–H and O–H groups in total. The largest absolute Gasteiger partial charge is 0.306 e. The summed E-state index contributed by atoms with van der Waals surface area (Å²) in [6.45, 7) is 10.4. The van der Waals surface area contributed by atoms with Crippen molar-refractivity contribution in [3.05, 3.63) is 0 Å². The van der Waals surface area contributed by atoms with Gasteiger partial charge in [-0.05, 0) is 77.7 Å². The summed E-state index contributed by atoms with van der Waals surface area (Å²) >= 11 is 0. The van der Waals surface area contributed by atoms with E-state index in [2.05, 4.69) is 28.7 Å². The summed E-state index contributed by atoms with van der Waals surface area (Å²) in [4.78, 5) is 8.14. The van der Waals surface area contributed by atoms with E-state index in [1.54, 1.807) is 0 Å². The van der Waals surface area contributed by atoms with Gasteiger partial charge in [0.15, 0.2) is 0 Å². The van der Waals surface area contributed by atoms with E-state index in [1.807, 2.05) is 0 Å². The molecule has 2 atom stereocenters. The summed E-state index contributed by atoms with van der Waals surface area (Å²) in [5, 5.41) is 0. The molecule has 0 amide bonds. The van der Waals surface area contributed by atoms with E-state index in [4.69, 9.17) is 0 Å².